The standard InChI is InChI=1S/C18H27N3O3/c1-3-5-6-14(4-2)17(23)20-9-11-21(12-10-20)18(24)15-7-8-16(22)19-13-15/h7-8,13-14H,3-6,9-12H2,1-2H3,(H,19,22). The summed E-state index contributed by atoms with van der Waals surface area (Å²) >= 11 is 0. The Balaban J connectivity index is 1.90. The zero-order valence-corrected chi connectivity index (χ0v) is 14.6. The summed E-state index contributed by atoms with van der Waals surface area (Å²) in [7, 11) is 0. The normalized spacial score (nSPS) is 16.1. The predicted octanol–water partition coefficient (Wildman–Crippen LogP) is 1.88. The van der Waals surface area contributed by atoms with E-state index in [0.717, 1.165) is 25.7 Å². The fourth-order valence-corrected chi connectivity index (χ4v) is 3.07. The van der Waals surface area contributed by atoms with Crippen molar-refractivity contribution in [2.75, 3.05) is 26.2 Å². The molecule has 1 atom stereocenters. The minimum atomic E-state index is -0.223. The third-order valence-corrected chi connectivity index (χ3v) is 4.66. The fraction of sp³-hybridized carbons (Fsp3) is 0.611. The summed E-state index contributed by atoms with van der Waals surface area (Å²) < 4.78 is 0. The van der Waals surface area contributed by atoms with E-state index in [-0.39, 0.29) is 23.3 Å². The van der Waals surface area contributed by atoms with Gasteiger partial charge in [0.05, 0.1) is 5.56 Å². The Morgan fingerprint density at radius 2 is 1.79 bits per heavy atom. The Hall–Kier alpha value is -2.11. The largest absolute Gasteiger partial charge is 0.339 e. The summed E-state index contributed by atoms with van der Waals surface area (Å²) in [5.41, 5.74) is 0.253. The van der Waals surface area contributed by atoms with Crippen LogP contribution < -0.4 is 5.56 Å². The molecule has 0 saturated carbocycles. The van der Waals surface area contributed by atoms with Crippen molar-refractivity contribution in [1.82, 2.24) is 14.8 Å². The molecule has 24 heavy (non-hydrogen) atoms. The molecule has 0 aliphatic carbocycles. The van der Waals surface area contributed by atoms with Gasteiger partial charge in [0.1, 0.15) is 0 Å². The number of hydrogen-bond donors (Lipinski definition) is 1. The minimum Gasteiger partial charge on any atom is -0.339 e. The molecule has 2 amide bonds. The quantitative estimate of drug-likeness (QED) is 0.864. The third kappa shape index (κ3) is 4.46. The number of carbonyl (C=O) groups is 2. The highest BCUT2D eigenvalue weighted by Crippen LogP contribution is 2.17. The average molecular weight is 333 g/mol. The van der Waals surface area contributed by atoms with Gasteiger partial charge in [-0.05, 0) is 18.9 Å². The molecule has 0 spiro atoms. The fourth-order valence-electron chi connectivity index (χ4n) is 3.07. The maximum Gasteiger partial charge on any atom is 0.255 e. The molecule has 1 fully saturated rings. The van der Waals surface area contributed by atoms with E-state index in [1.807, 2.05) is 4.90 Å². The van der Waals surface area contributed by atoms with Crippen LogP contribution in [0.15, 0.2) is 23.1 Å². The second-order valence-electron chi connectivity index (χ2n) is 6.31. The number of pyridine rings is 1. The number of amides is 2. The van der Waals surface area contributed by atoms with E-state index < -0.39 is 0 Å². The van der Waals surface area contributed by atoms with Crippen LogP contribution in [0.2, 0.25) is 0 Å². The van der Waals surface area contributed by atoms with Gasteiger partial charge in [0.15, 0.2) is 0 Å². The summed E-state index contributed by atoms with van der Waals surface area (Å²) in [4.78, 5) is 42.3. The molecule has 0 bridgehead atoms. The Morgan fingerprint density at radius 1 is 1.12 bits per heavy atom. The van der Waals surface area contributed by atoms with Gasteiger partial charge in [-0.1, -0.05) is 26.7 Å². The van der Waals surface area contributed by atoms with Gasteiger partial charge in [-0.25, -0.2) is 0 Å². The van der Waals surface area contributed by atoms with Crippen LogP contribution in [0.5, 0.6) is 0 Å². The highest BCUT2D eigenvalue weighted by molar-refractivity contribution is 5.94. The van der Waals surface area contributed by atoms with Crippen molar-refractivity contribution < 1.29 is 9.59 Å². The molecule has 1 aromatic heterocycles. The van der Waals surface area contributed by atoms with Gasteiger partial charge in [0.2, 0.25) is 11.5 Å². The Morgan fingerprint density at radius 3 is 2.33 bits per heavy atom. The van der Waals surface area contributed by atoms with E-state index in [9.17, 15) is 14.4 Å². The second-order valence-corrected chi connectivity index (χ2v) is 6.31. The summed E-state index contributed by atoms with van der Waals surface area (Å²) in [5.74, 6) is 0.227. The lowest BCUT2D eigenvalue weighted by molar-refractivity contribution is -0.137. The first-order chi connectivity index (χ1) is 11.6. The molecular formula is C18H27N3O3. The van der Waals surface area contributed by atoms with Crippen molar-refractivity contribution in [1.29, 1.82) is 0 Å². The summed E-state index contributed by atoms with van der Waals surface area (Å²) in [6.07, 6.45) is 5.44. The number of nitrogens with zero attached hydrogens (tertiary/aromatic N) is 2. The first-order valence-corrected chi connectivity index (χ1v) is 8.83. The van der Waals surface area contributed by atoms with E-state index in [2.05, 4.69) is 18.8 Å². The summed E-state index contributed by atoms with van der Waals surface area (Å²) in [5, 5.41) is 0. The lowest BCUT2D eigenvalue weighted by atomic mass is 9.97. The van der Waals surface area contributed by atoms with Crippen LogP contribution in [-0.2, 0) is 4.79 Å². The molecule has 1 aliphatic rings. The van der Waals surface area contributed by atoms with Gasteiger partial charge < -0.3 is 14.8 Å². The summed E-state index contributed by atoms with van der Waals surface area (Å²) in [6, 6.07) is 2.89. The maximum absolute atomic E-state index is 12.6. The number of aromatic nitrogens is 1. The molecule has 2 rings (SSSR count). The van der Waals surface area contributed by atoms with E-state index in [0.29, 0.717) is 31.7 Å². The van der Waals surface area contributed by atoms with Gasteiger partial charge >= 0.3 is 0 Å². The number of aromatic amines is 1. The van der Waals surface area contributed by atoms with Crippen molar-refractivity contribution in [3.05, 3.63) is 34.2 Å². The number of unbranched alkanes of at least 4 members (excludes halogenated alkanes) is 1. The average Bonchev–Trinajstić information content (AvgIpc) is 2.62. The van der Waals surface area contributed by atoms with Crippen molar-refractivity contribution in [2.45, 2.75) is 39.5 Å². The van der Waals surface area contributed by atoms with Crippen LogP contribution in [-0.4, -0.2) is 52.8 Å². The molecule has 1 N–H and O–H groups in total. The first-order valence-electron chi connectivity index (χ1n) is 8.83. The topological polar surface area (TPSA) is 73.5 Å². The number of hydrogen-bond acceptors (Lipinski definition) is 3. The Bertz CT molecular complexity index is 598. The van der Waals surface area contributed by atoms with E-state index in [1.54, 1.807) is 4.90 Å². The molecular weight excluding hydrogens is 306 g/mol. The van der Waals surface area contributed by atoms with Crippen molar-refractivity contribution in [2.24, 2.45) is 5.92 Å². The van der Waals surface area contributed by atoms with E-state index >= 15 is 0 Å². The van der Waals surface area contributed by atoms with Crippen LogP contribution in [0.3, 0.4) is 0 Å². The zero-order valence-electron chi connectivity index (χ0n) is 14.6. The molecule has 6 nitrogen and oxygen atoms in total. The van der Waals surface area contributed by atoms with Crippen LogP contribution in [0.1, 0.15) is 49.9 Å². The van der Waals surface area contributed by atoms with Crippen molar-refractivity contribution in [3.8, 4) is 0 Å². The minimum absolute atomic E-state index is 0.101. The Labute approximate surface area is 142 Å². The molecule has 1 saturated heterocycles. The SMILES string of the molecule is CCCCC(CC)C(=O)N1CCN(C(=O)c2ccc(=O)[nH]c2)CC1. The van der Waals surface area contributed by atoms with Crippen LogP contribution in [0.4, 0.5) is 0 Å². The molecule has 1 unspecified atom stereocenters. The smallest absolute Gasteiger partial charge is 0.255 e. The van der Waals surface area contributed by atoms with Gasteiger partial charge in [-0.2, -0.15) is 0 Å². The summed E-state index contributed by atoms with van der Waals surface area (Å²) in [6.45, 7) is 6.43. The monoisotopic (exact) mass is 333 g/mol. The number of piperazine rings is 1. The van der Waals surface area contributed by atoms with Crippen LogP contribution in [0, 0.1) is 5.92 Å². The lowest BCUT2D eigenvalue weighted by Gasteiger charge is -2.36. The number of rotatable bonds is 6. The van der Waals surface area contributed by atoms with Gasteiger partial charge in [0.25, 0.3) is 5.91 Å². The van der Waals surface area contributed by atoms with Crippen LogP contribution in [0.25, 0.3) is 0 Å². The predicted molar refractivity (Wildman–Crippen MR) is 92.9 cm³/mol. The first kappa shape index (κ1) is 18.2. The highest BCUT2D eigenvalue weighted by atomic mass is 16.2. The van der Waals surface area contributed by atoms with Crippen molar-refractivity contribution >= 4 is 11.8 Å². The third-order valence-electron chi connectivity index (χ3n) is 4.66. The number of nitrogens with one attached hydrogen (secondary N) is 1. The molecule has 0 aromatic carbocycles. The Kier molecular flexibility index (Phi) is 6.58. The molecule has 6 heteroatoms. The molecule has 2 heterocycles. The number of carbonyl (C=O) groups excluding carboxylic acids is 2. The van der Waals surface area contributed by atoms with Gasteiger partial charge in [-0.15, -0.1) is 0 Å². The maximum atomic E-state index is 12.6. The van der Waals surface area contributed by atoms with Gasteiger partial charge in [-0.3, -0.25) is 14.4 Å². The van der Waals surface area contributed by atoms with E-state index in [1.165, 1.54) is 18.3 Å². The molecule has 1 aromatic rings. The van der Waals surface area contributed by atoms with Crippen molar-refractivity contribution in [3.63, 3.8) is 0 Å². The molecule has 0 radical (unpaired) electrons. The second kappa shape index (κ2) is 8.66. The van der Waals surface area contributed by atoms with Gasteiger partial charge in [0, 0.05) is 44.4 Å². The van der Waals surface area contributed by atoms with Crippen LogP contribution >= 0.6 is 0 Å². The number of H-pyrrole nitrogens is 1. The lowest BCUT2D eigenvalue weighted by Crippen LogP contribution is -2.52. The molecule has 132 valence electrons. The van der Waals surface area contributed by atoms with E-state index in [4.69, 9.17) is 0 Å². The zero-order chi connectivity index (χ0) is 17.5. The highest BCUT2D eigenvalue weighted by Gasteiger charge is 2.28. The molecule has 1 aliphatic heterocycles.